The molecule has 0 saturated carbocycles. The topological polar surface area (TPSA) is 38.3 Å². The van der Waals surface area contributed by atoms with Crippen molar-refractivity contribution in [3.8, 4) is 0 Å². The molecule has 1 N–H and O–H groups in total. The molecule has 0 aromatic carbocycles. The Morgan fingerprint density at radius 2 is 2.54 bits per heavy atom. The highest BCUT2D eigenvalue weighted by atomic mass is 79.9. The minimum atomic E-state index is -0.0449. The lowest BCUT2D eigenvalue weighted by Gasteiger charge is -2.22. The number of ether oxygens (including phenoxy) is 1. The van der Waals surface area contributed by atoms with Gasteiger partial charge in [0.05, 0.1) is 12.6 Å². The van der Waals surface area contributed by atoms with Crippen LogP contribution < -0.4 is 5.32 Å². The standard InChI is InChI=1S/C8H8BrNO2S/c9-5-1-2-13-8(5)6-3-12-4-7(11)10-6/h1-2,6H,3-4H2,(H,10,11)/t6-/m1/s1. The summed E-state index contributed by atoms with van der Waals surface area (Å²) in [6, 6.07) is 1.98. The summed E-state index contributed by atoms with van der Waals surface area (Å²) in [4.78, 5) is 12.2. The molecule has 1 saturated heterocycles. The fourth-order valence-corrected chi connectivity index (χ4v) is 2.93. The van der Waals surface area contributed by atoms with Crippen molar-refractivity contribution < 1.29 is 9.53 Å². The summed E-state index contributed by atoms with van der Waals surface area (Å²) in [5.41, 5.74) is 0. The van der Waals surface area contributed by atoms with Gasteiger partial charge < -0.3 is 10.1 Å². The van der Waals surface area contributed by atoms with Crippen LogP contribution in [-0.4, -0.2) is 19.1 Å². The predicted molar refractivity (Wildman–Crippen MR) is 53.7 cm³/mol. The Kier molecular flexibility index (Phi) is 2.66. The number of amides is 1. The fraction of sp³-hybridized carbons (Fsp3) is 0.375. The Hall–Kier alpha value is -0.390. The average Bonchev–Trinajstić information content (AvgIpc) is 2.51. The van der Waals surface area contributed by atoms with Crippen LogP contribution in [-0.2, 0) is 9.53 Å². The summed E-state index contributed by atoms with van der Waals surface area (Å²) < 4.78 is 6.18. The van der Waals surface area contributed by atoms with E-state index in [1.54, 1.807) is 11.3 Å². The average molecular weight is 262 g/mol. The Morgan fingerprint density at radius 3 is 3.15 bits per heavy atom. The lowest BCUT2D eigenvalue weighted by molar-refractivity contribution is -0.131. The molecule has 0 bridgehead atoms. The molecule has 1 fully saturated rings. The number of hydrogen-bond acceptors (Lipinski definition) is 3. The van der Waals surface area contributed by atoms with Crippen LogP contribution >= 0.6 is 27.3 Å². The fourth-order valence-electron chi connectivity index (χ4n) is 1.24. The molecule has 1 aliphatic rings. The summed E-state index contributed by atoms with van der Waals surface area (Å²) in [5, 5.41) is 4.86. The Labute approximate surface area is 88.2 Å². The second kappa shape index (κ2) is 3.77. The quantitative estimate of drug-likeness (QED) is 0.836. The lowest BCUT2D eigenvalue weighted by atomic mass is 10.2. The highest BCUT2D eigenvalue weighted by Gasteiger charge is 2.22. The number of carbonyl (C=O) groups is 1. The van der Waals surface area contributed by atoms with Crippen LogP contribution in [0.15, 0.2) is 15.9 Å². The van der Waals surface area contributed by atoms with Crippen molar-refractivity contribution in [3.63, 3.8) is 0 Å². The lowest BCUT2D eigenvalue weighted by Crippen LogP contribution is -2.39. The SMILES string of the molecule is O=C1COC[C@H](c2sccc2Br)N1. The van der Waals surface area contributed by atoms with Crippen molar-refractivity contribution in [2.24, 2.45) is 0 Å². The summed E-state index contributed by atoms with van der Waals surface area (Å²) in [7, 11) is 0. The van der Waals surface area contributed by atoms with Gasteiger partial charge in [0, 0.05) is 9.35 Å². The minimum absolute atomic E-state index is 0.00984. The molecule has 13 heavy (non-hydrogen) atoms. The van der Waals surface area contributed by atoms with Crippen LogP contribution in [0.4, 0.5) is 0 Å². The maximum Gasteiger partial charge on any atom is 0.246 e. The molecule has 0 unspecified atom stereocenters. The molecule has 1 aromatic heterocycles. The third-order valence-corrected chi connectivity index (χ3v) is 3.80. The van der Waals surface area contributed by atoms with E-state index in [0.29, 0.717) is 6.61 Å². The molecule has 1 amide bonds. The van der Waals surface area contributed by atoms with Crippen molar-refractivity contribution in [1.82, 2.24) is 5.32 Å². The van der Waals surface area contributed by atoms with Gasteiger partial charge >= 0.3 is 0 Å². The zero-order valence-electron chi connectivity index (χ0n) is 6.75. The molecule has 0 aliphatic carbocycles. The van der Waals surface area contributed by atoms with E-state index in [9.17, 15) is 4.79 Å². The van der Waals surface area contributed by atoms with Crippen LogP contribution in [0.1, 0.15) is 10.9 Å². The summed E-state index contributed by atoms with van der Waals surface area (Å²) in [6.45, 7) is 0.740. The van der Waals surface area contributed by atoms with Gasteiger partial charge in [-0.25, -0.2) is 0 Å². The van der Waals surface area contributed by atoms with Crippen molar-refractivity contribution in [2.45, 2.75) is 6.04 Å². The second-order valence-corrected chi connectivity index (χ2v) is 4.57. The van der Waals surface area contributed by atoms with Gasteiger partial charge in [0.2, 0.25) is 5.91 Å². The first-order valence-corrected chi connectivity index (χ1v) is 5.54. The summed E-state index contributed by atoms with van der Waals surface area (Å²) >= 11 is 5.04. The number of rotatable bonds is 1. The molecule has 70 valence electrons. The molecule has 5 heteroatoms. The number of carbonyl (C=O) groups excluding carboxylic acids is 1. The number of thiophene rings is 1. The third-order valence-electron chi connectivity index (χ3n) is 1.81. The maximum absolute atomic E-state index is 11.0. The monoisotopic (exact) mass is 261 g/mol. The van der Waals surface area contributed by atoms with Crippen LogP contribution in [0.3, 0.4) is 0 Å². The van der Waals surface area contributed by atoms with Gasteiger partial charge in [-0.15, -0.1) is 11.3 Å². The molecular weight excluding hydrogens is 254 g/mol. The van der Waals surface area contributed by atoms with Gasteiger partial charge in [0.1, 0.15) is 6.61 Å². The summed E-state index contributed by atoms with van der Waals surface area (Å²) in [6.07, 6.45) is 0. The van der Waals surface area contributed by atoms with E-state index in [1.165, 1.54) is 0 Å². The minimum Gasteiger partial charge on any atom is -0.369 e. The summed E-state index contributed by atoms with van der Waals surface area (Å²) in [5.74, 6) is -0.0449. The van der Waals surface area contributed by atoms with Gasteiger partial charge in [-0.1, -0.05) is 0 Å². The van der Waals surface area contributed by atoms with Gasteiger partial charge in [0.25, 0.3) is 0 Å². The second-order valence-electron chi connectivity index (χ2n) is 2.77. The van der Waals surface area contributed by atoms with Gasteiger partial charge in [0.15, 0.2) is 0 Å². The van der Waals surface area contributed by atoms with E-state index in [-0.39, 0.29) is 18.6 Å². The Morgan fingerprint density at radius 1 is 1.69 bits per heavy atom. The Balaban J connectivity index is 2.17. The highest BCUT2D eigenvalue weighted by molar-refractivity contribution is 9.10. The Bertz CT molecular complexity index is 326. The van der Waals surface area contributed by atoms with Gasteiger partial charge in [-0.3, -0.25) is 4.79 Å². The van der Waals surface area contributed by atoms with Crippen molar-refractivity contribution in [1.29, 1.82) is 0 Å². The number of morpholine rings is 1. The number of nitrogens with one attached hydrogen (secondary N) is 1. The van der Waals surface area contributed by atoms with Crippen molar-refractivity contribution in [2.75, 3.05) is 13.2 Å². The molecule has 3 nitrogen and oxygen atoms in total. The van der Waals surface area contributed by atoms with Gasteiger partial charge in [-0.05, 0) is 27.4 Å². The van der Waals surface area contributed by atoms with Crippen LogP contribution in [0, 0.1) is 0 Å². The molecule has 1 aromatic rings. The zero-order chi connectivity index (χ0) is 9.26. The predicted octanol–water partition coefficient (Wildman–Crippen LogP) is 1.70. The van der Waals surface area contributed by atoms with Crippen LogP contribution in [0.25, 0.3) is 0 Å². The molecule has 0 spiro atoms. The van der Waals surface area contributed by atoms with Crippen LogP contribution in [0.5, 0.6) is 0 Å². The first-order valence-electron chi connectivity index (χ1n) is 3.87. The molecular formula is C8H8BrNO2S. The van der Waals surface area contributed by atoms with E-state index in [0.717, 1.165) is 9.35 Å². The molecule has 2 rings (SSSR count). The smallest absolute Gasteiger partial charge is 0.246 e. The number of hydrogen-bond donors (Lipinski definition) is 1. The van der Waals surface area contributed by atoms with E-state index in [2.05, 4.69) is 21.2 Å². The molecule has 1 aliphatic heterocycles. The van der Waals surface area contributed by atoms with Crippen molar-refractivity contribution >= 4 is 33.2 Å². The van der Waals surface area contributed by atoms with Gasteiger partial charge in [-0.2, -0.15) is 0 Å². The normalized spacial score (nSPS) is 22.8. The first kappa shape index (κ1) is 9.18. The van der Waals surface area contributed by atoms with E-state index in [1.807, 2.05) is 11.4 Å². The maximum atomic E-state index is 11.0. The van der Waals surface area contributed by atoms with E-state index < -0.39 is 0 Å². The highest BCUT2D eigenvalue weighted by Crippen LogP contribution is 2.29. The molecule has 0 radical (unpaired) electrons. The molecule has 1 atom stereocenters. The van der Waals surface area contributed by atoms with E-state index >= 15 is 0 Å². The molecule has 2 heterocycles. The van der Waals surface area contributed by atoms with Crippen LogP contribution in [0.2, 0.25) is 0 Å². The third kappa shape index (κ3) is 1.92. The first-order chi connectivity index (χ1) is 6.27. The number of halogens is 1. The largest absolute Gasteiger partial charge is 0.369 e. The van der Waals surface area contributed by atoms with Crippen molar-refractivity contribution in [3.05, 3.63) is 20.8 Å². The zero-order valence-corrected chi connectivity index (χ0v) is 9.15. The van der Waals surface area contributed by atoms with E-state index in [4.69, 9.17) is 4.74 Å².